The Bertz CT molecular complexity index is 232. The van der Waals surface area contributed by atoms with E-state index < -0.39 is 0 Å². The summed E-state index contributed by atoms with van der Waals surface area (Å²) in [4.78, 5) is 0. The Kier molecular flexibility index (Phi) is 3.24. The number of nitrogens with one attached hydrogen (secondary N) is 1. The zero-order valence-electron chi connectivity index (χ0n) is 10.8. The van der Waals surface area contributed by atoms with Crippen molar-refractivity contribution >= 4 is 0 Å². The van der Waals surface area contributed by atoms with E-state index in [2.05, 4.69) is 12.2 Å². The first-order chi connectivity index (χ1) is 7.83. The molecule has 1 N–H and O–H groups in total. The van der Waals surface area contributed by atoms with Crippen molar-refractivity contribution in [1.29, 1.82) is 0 Å². The van der Waals surface area contributed by atoms with E-state index in [1.165, 1.54) is 45.1 Å². The maximum absolute atomic E-state index is 3.85. The molecular formula is C15H27N. The monoisotopic (exact) mass is 221 g/mol. The third-order valence-corrected chi connectivity index (χ3v) is 5.69. The van der Waals surface area contributed by atoms with Crippen LogP contribution in [-0.4, -0.2) is 12.6 Å². The second-order valence-corrected chi connectivity index (χ2v) is 6.68. The van der Waals surface area contributed by atoms with Crippen LogP contribution in [0.1, 0.15) is 58.3 Å². The first-order valence-electron chi connectivity index (χ1n) is 7.56. The number of rotatable bonds is 4. The molecule has 0 radical (unpaired) electrons. The Morgan fingerprint density at radius 2 is 1.88 bits per heavy atom. The first-order valence-corrected chi connectivity index (χ1v) is 7.56. The minimum atomic E-state index is 0.779. The van der Waals surface area contributed by atoms with Gasteiger partial charge in [-0.05, 0) is 69.2 Å². The van der Waals surface area contributed by atoms with Crippen molar-refractivity contribution in [3.8, 4) is 0 Å². The minimum Gasteiger partial charge on any atom is -0.314 e. The number of fused-ring (bicyclic) bond motifs is 2. The lowest BCUT2D eigenvalue weighted by Crippen LogP contribution is -2.37. The van der Waals surface area contributed by atoms with Gasteiger partial charge in [0.1, 0.15) is 0 Å². The van der Waals surface area contributed by atoms with E-state index in [1.807, 2.05) is 0 Å². The van der Waals surface area contributed by atoms with E-state index in [9.17, 15) is 0 Å². The lowest BCUT2D eigenvalue weighted by Gasteiger charge is -2.26. The van der Waals surface area contributed by atoms with Crippen LogP contribution in [0.2, 0.25) is 0 Å². The summed E-state index contributed by atoms with van der Waals surface area (Å²) in [6.45, 7) is 3.74. The average Bonchev–Trinajstić information content (AvgIpc) is 3.01. The van der Waals surface area contributed by atoms with Crippen LogP contribution in [0.3, 0.4) is 0 Å². The molecule has 0 aromatic heterocycles. The molecule has 3 aliphatic rings. The van der Waals surface area contributed by atoms with Gasteiger partial charge in [-0.25, -0.2) is 0 Å². The topological polar surface area (TPSA) is 12.0 Å². The van der Waals surface area contributed by atoms with Gasteiger partial charge >= 0.3 is 0 Å². The number of hydrogen-bond donors (Lipinski definition) is 1. The quantitative estimate of drug-likeness (QED) is 0.765. The van der Waals surface area contributed by atoms with E-state index in [4.69, 9.17) is 0 Å². The average molecular weight is 221 g/mol. The zero-order chi connectivity index (χ0) is 11.0. The van der Waals surface area contributed by atoms with Crippen LogP contribution in [-0.2, 0) is 0 Å². The molecule has 3 rings (SSSR count). The van der Waals surface area contributed by atoms with Crippen LogP contribution in [0.4, 0.5) is 0 Å². The number of hydrogen-bond acceptors (Lipinski definition) is 1. The van der Waals surface area contributed by atoms with Gasteiger partial charge in [0, 0.05) is 6.04 Å². The Hall–Kier alpha value is -0.0400. The summed E-state index contributed by atoms with van der Waals surface area (Å²) in [5, 5.41) is 3.85. The van der Waals surface area contributed by atoms with Crippen molar-refractivity contribution in [2.75, 3.05) is 6.54 Å². The van der Waals surface area contributed by atoms with Crippen LogP contribution in [0.5, 0.6) is 0 Å². The maximum atomic E-state index is 3.85. The van der Waals surface area contributed by atoms with E-state index >= 15 is 0 Å². The lowest BCUT2D eigenvalue weighted by molar-refractivity contribution is 0.285. The summed E-state index contributed by atoms with van der Waals surface area (Å²) in [7, 11) is 0. The van der Waals surface area contributed by atoms with E-state index in [1.54, 1.807) is 12.8 Å². The van der Waals surface area contributed by atoms with Crippen LogP contribution < -0.4 is 5.32 Å². The van der Waals surface area contributed by atoms with Gasteiger partial charge in [-0.1, -0.05) is 19.3 Å². The SMILES string of the molecule is C[C@H](NCC1CC2CCC1C2)C1CCCC1. The second-order valence-electron chi connectivity index (χ2n) is 6.68. The molecule has 0 aromatic carbocycles. The van der Waals surface area contributed by atoms with Crippen LogP contribution in [0, 0.1) is 23.7 Å². The van der Waals surface area contributed by atoms with Gasteiger partial charge in [-0.15, -0.1) is 0 Å². The molecule has 0 aromatic rings. The summed E-state index contributed by atoms with van der Waals surface area (Å²) < 4.78 is 0. The lowest BCUT2D eigenvalue weighted by atomic mass is 9.88. The summed E-state index contributed by atoms with van der Waals surface area (Å²) in [5.74, 6) is 4.22. The fourth-order valence-electron chi connectivity index (χ4n) is 4.59. The van der Waals surface area contributed by atoms with Crippen LogP contribution in [0.25, 0.3) is 0 Å². The predicted molar refractivity (Wildman–Crippen MR) is 68.4 cm³/mol. The molecule has 1 heteroatoms. The maximum Gasteiger partial charge on any atom is 0.00671 e. The van der Waals surface area contributed by atoms with E-state index in [0.717, 1.165) is 29.7 Å². The highest BCUT2D eigenvalue weighted by molar-refractivity contribution is 4.91. The first kappa shape index (κ1) is 11.1. The van der Waals surface area contributed by atoms with Gasteiger partial charge in [0.05, 0.1) is 0 Å². The van der Waals surface area contributed by atoms with Crippen molar-refractivity contribution < 1.29 is 0 Å². The highest BCUT2D eigenvalue weighted by Gasteiger charge is 2.39. The molecule has 92 valence electrons. The van der Waals surface area contributed by atoms with E-state index in [0.29, 0.717) is 0 Å². The Labute approximate surface area is 100 Å². The third-order valence-electron chi connectivity index (χ3n) is 5.69. The molecule has 0 aliphatic heterocycles. The van der Waals surface area contributed by atoms with Crippen molar-refractivity contribution in [2.24, 2.45) is 23.7 Å². The molecule has 1 nitrogen and oxygen atoms in total. The van der Waals surface area contributed by atoms with Crippen molar-refractivity contribution in [1.82, 2.24) is 5.32 Å². The molecule has 0 heterocycles. The molecule has 0 spiro atoms. The molecule has 16 heavy (non-hydrogen) atoms. The third kappa shape index (κ3) is 2.16. The summed E-state index contributed by atoms with van der Waals surface area (Å²) >= 11 is 0. The van der Waals surface area contributed by atoms with Crippen LogP contribution >= 0.6 is 0 Å². The molecule has 3 unspecified atom stereocenters. The van der Waals surface area contributed by atoms with Gasteiger partial charge in [0.15, 0.2) is 0 Å². The van der Waals surface area contributed by atoms with E-state index in [-0.39, 0.29) is 0 Å². The van der Waals surface area contributed by atoms with Gasteiger partial charge in [-0.3, -0.25) is 0 Å². The smallest absolute Gasteiger partial charge is 0.00671 e. The highest BCUT2D eigenvalue weighted by atomic mass is 14.9. The van der Waals surface area contributed by atoms with Gasteiger partial charge in [-0.2, -0.15) is 0 Å². The summed E-state index contributed by atoms with van der Waals surface area (Å²) in [6, 6.07) is 0.779. The van der Waals surface area contributed by atoms with Gasteiger partial charge in [0.25, 0.3) is 0 Å². The largest absolute Gasteiger partial charge is 0.314 e. The predicted octanol–water partition coefficient (Wildman–Crippen LogP) is 3.59. The second kappa shape index (κ2) is 4.68. The van der Waals surface area contributed by atoms with Crippen molar-refractivity contribution in [3.05, 3.63) is 0 Å². The highest BCUT2D eigenvalue weighted by Crippen LogP contribution is 2.48. The minimum absolute atomic E-state index is 0.779. The molecule has 0 saturated heterocycles. The fourth-order valence-corrected chi connectivity index (χ4v) is 4.59. The molecule has 0 amide bonds. The molecule has 4 atom stereocenters. The van der Waals surface area contributed by atoms with Gasteiger partial charge < -0.3 is 5.32 Å². The van der Waals surface area contributed by atoms with Crippen molar-refractivity contribution in [3.63, 3.8) is 0 Å². The molecule has 3 fully saturated rings. The molecular weight excluding hydrogens is 194 g/mol. The zero-order valence-corrected chi connectivity index (χ0v) is 10.8. The molecule has 3 aliphatic carbocycles. The standard InChI is InChI=1S/C15H27N/c1-11(13-4-2-3-5-13)16-10-15-9-12-6-7-14(15)8-12/h11-16H,2-10H2,1H3/t11-,12?,14?,15?/m0/s1. The Balaban J connectivity index is 1.42. The van der Waals surface area contributed by atoms with Crippen LogP contribution in [0.15, 0.2) is 0 Å². The summed E-state index contributed by atoms with van der Waals surface area (Å²) in [5.41, 5.74) is 0. The van der Waals surface area contributed by atoms with Gasteiger partial charge in [0.2, 0.25) is 0 Å². The Morgan fingerprint density at radius 1 is 1.06 bits per heavy atom. The summed E-state index contributed by atoms with van der Waals surface area (Å²) in [6.07, 6.45) is 12.1. The molecule has 2 bridgehead atoms. The Morgan fingerprint density at radius 3 is 2.50 bits per heavy atom. The normalized spacial score (nSPS) is 40.7. The molecule has 3 saturated carbocycles. The fraction of sp³-hybridized carbons (Fsp3) is 1.00. The van der Waals surface area contributed by atoms with Crippen molar-refractivity contribution in [2.45, 2.75) is 64.3 Å².